The lowest BCUT2D eigenvalue weighted by Gasteiger charge is -2.25. The zero-order chi connectivity index (χ0) is 11.5. The van der Waals surface area contributed by atoms with Crippen molar-refractivity contribution in [3.63, 3.8) is 0 Å². The number of nitrogens with one attached hydrogen (secondary N) is 1. The van der Waals surface area contributed by atoms with Gasteiger partial charge in [0.2, 0.25) is 0 Å². The maximum absolute atomic E-state index is 11.9. The van der Waals surface area contributed by atoms with Crippen LogP contribution in [0.3, 0.4) is 0 Å². The number of hydrogen-bond donors (Lipinski definition) is 2. The molecule has 1 unspecified atom stereocenters. The van der Waals surface area contributed by atoms with Gasteiger partial charge in [-0.3, -0.25) is 0 Å². The van der Waals surface area contributed by atoms with E-state index in [4.69, 9.17) is 5.11 Å². The van der Waals surface area contributed by atoms with Crippen LogP contribution >= 0.6 is 0 Å². The standard InChI is InChI=1S/C8H13F3N2O2/c9-8(10,11)2-4-13(7(14)15)6-1-3-12-5-6/h6,12H,1-5H2,(H,14,15). The van der Waals surface area contributed by atoms with E-state index in [1.54, 1.807) is 0 Å². The van der Waals surface area contributed by atoms with Gasteiger partial charge < -0.3 is 15.3 Å². The molecular weight excluding hydrogens is 213 g/mol. The van der Waals surface area contributed by atoms with E-state index >= 15 is 0 Å². The van der Waals surface area contributed by atoms with Gasteiger partial charge in [0.15, 0.2) is 0 Å². The van der Waals surface area contributed by atoms with Crippen molar-refractivity contribution < 1.29 is 23.1 Å². The Labute approximate surface area is 85.1 Å². The number of carbonyl (C=O) groups is 1. The number of rotatable bonds is 3. The predicted molar refractivity (Wildman–Crippen MR) is 46.7 cm³/mol. The van der Waals surface area contributed by atoms with Gasteiger partial charge in [-0.25, -0.2) is 4.79 Å². The summed E-state index contributed by atoms with van der Waals surface area (Å²) in [6, 6.07) is -0.329. The number of amides is 1. The maximum Gasteiger partial charge on any atom is 0.407 e. The van der Waals surface area contributed by atoms with Crippen molar-refractivity contribution in [2.24, 2.45) is 0 Å². The molecule has 1 amide bonds. The molecule has 1 aliphatic heterocycles. The van der Waals surface area contributed by atoms with Gasteiger partial charge in [0.25, 0.3) is 0 Å². The van der Waals surface area contributed by atoms with E-state index in [9.17, 15) is 18.0 Å². The minimum absolute atomic E-state index is 0.329. The SMILES string of the molecule is O=C(O)N(CCC(F)(F)F)C1CCNC1. The van der Waals surface area contributed by atoms with Crippen molar-refractivity contribution in [3.8, 4) is 0 Å². The molecule has 7 heteroatoms. The summed E-state index contributed by atoms with van der Waals surface area (Å²) in [6.07, 6.45) is -6.10. The first-order valence-electron chi connectivity index (χ1n) is 4.67. The topological polar surface area (TPSA) is 52.6 Å². The summed E-state index contributed by atoms with van der Waals surface area (Å²) in [6.45, 7) is 0.607. The highest BCUT2D eigenvalue weighted by Crippen LogP contribution is 2.21. The molecule has 0 spiro atoms. The summed E-state index contributed by atoms with van der Waals surface area (Å²) in [5.41, 5.74) is 0. The van der Waals surface area contributed by atoms with Gasteiger partial charge in [0.1, 0.15) is 0 Å². The van der Waals surface area contributed by atoms with Crippen LogP contribution in [0.5, 0.6) is 0 Å². The molecule has 0 aromatic rings. The van der Waals surface area contributed by atoms with Crippen LogP contribution in [0.25, 0.3) is 0 Å². The summed E-state index contributed by atoms with van der Waals surface area (Å²) in [7, 11) is 0. The highest BCUT2D eigenvalue weighted by Gasteiger charge is 2.32. The lowest BCUT2D eigenvalue weighted by molar-refractivity contribution is -0.137. The smallest absolute Gasteiger partial charge is 0.407 e. The molecule has 1 fully saturated rings. The Balaban J connectivity index is 2.47. The Kier molecular flexibility index (Phi) is 3.78. The van der Waals surface area contributed by atoms with Crippen molar-refractivity contribution in [1.82, 2.24) is 10.2 Å². The first-order valence-corrected chi connectivity index (χ1v) is 4.67. The van der Waals surface area contributed by atoms with Crippen molar-refractivity contribution in [2.45, 2.75) is 25.1 Å². The fraction of sp³-hybridized carbons (Fsp3) is 0.875. The predicted octanol–water partition coefficient (Wildman–Crippen LogP) is 1.28. The van der Waals surface area contributed by atoms with Crippen LogP contribution in [-0.2, 0) is 0 Å². The lowest BCUT2D eigenvalue weighted by Crippen LogP contribution is -2.42. The minimum Gasteiger partial charge on any atom is -0.465 e. The van der Waals surface area contributed by atoms with Gasteiger partial charge in [0.05, 0.1) is 6.42 Å². The van der Waals surface area contributed by atoms with Crippen LogP contribution in [0.1, 0.15) is 12.8 Å². The quantitative estimate of drug-likeness (QED) is 0.762. The molecule has 1 rings (SSSR count). The third-order valence-electron chi connectivity index (χ3n) is 2.36. The highest BCUT2D eigenvalue weighted by atomic mass is 19.4. The van der Waals surface area contributed by atoms with E-state index in [2.05, 4.69) is 5.32 Å². The Bertz CT molecular complexity index is 226. The first kappa shape index (κ1) is 12.1. The van der Waals surface area contributed by atoms with E-state index < -0.39 is 25.2 Å². The number of nitrogens with zero attached hydrogens (tertiary/aromatic N) is 1. The normalized spacial score (nSPS) is 21.7. The summed E-state index contributed by atoms with van der Waals surface area (Å²) >= 11 is 0. The number of alkyl halides is 3. The van der Waals surface area contributed by atoms with Crippen LogP contribution in [0.15, 0.2) is 0 Å². The molecule has 0 saturated carbocycles. The average Bonchev–Trinajstić information content (AvgIpc) is 2.54. The Morgan fingerprint density at radius 3 is 2.60 bits per heavy atom. The molecule has 0 bridgehead atoms. The van der Waals surface area contributed by atoms with Crippen molar-refractivity contribution in [1.29, 1.82) is 0 Å². The Morgan fingerprint density at radius 2 is 2.20 bits per heavy atom. The highest BCUT2D eigenvalue weighted by molar-refractivity contribution is 5.65. The zero-order valence-electron chi connectivity index (χ0n) is 8.05. The van der Waals surface area contributed by atoms with Gasteiger partial charge in [-0.05, 0) is 13.0 Å². The molecule has 2 N–H and O–H groups in total. The monoisotopic (exact) mass is 226 g/mol. The van der Waals surface area contributed by atoms with Crippen molar-refractivity contribution >= 4 is 6.09 Å². The Morgan fingerprint density at radius 1 is 1.53 bits per heavy atom. The van der Waals surface area contributed by atoms with E-state index in [0.717, 1.165) is 4.90 Å². The molecule has 0 aromatic heterocycles. The zero-order valence-corrected chi connectivity index (χ0v) is 8.05. The summed E-state index contributed by atoms with van der Waals surface area (Å²) in [5, 5.41) is 11.7. The van der Waals surface area contributed by atoms with Gasteiger partial charge in [-0.2, -0.15) is 13.2 Å². The lowest BCUT2D eigenvalue weighted by atomic mass is 10.2. The molecule has 1 atom stereocenters. The van der Waals surface area contributed by atoms with E-state index in [-0.39, 0.29) is 6.04 Å². The summed E-state index contributed by atoms with van der Waals surface area (Å²) in [5.74, 6) is 0. The van der Waals surface area contributed by atoms with Crippen molar-refractivity contribution in [3.05, 3.63) is 0 Å². The van der Waals surface area contributed by atoms with Gasteiger partial charge in [-0.1, -0.05) is 0 Å². The third-order valence-corrected chi connectivity index (χ3v) is 2.36. The molecule has 1 heterocycles. The van der Waals surface area contributed by atoms with Gasteiger partial charge in [0, 0.05) is 19.1 Å². The van der Waals surface area contributed by atoms with Crippen LogP contribution in [-0.4, -0.2) is 48.0 Å². The molecule has 0 aromatic carbocycles. The number of carboxylic acid groups (broad SMARTS) is 1. The third kappa shape index (κ3) is 3.94. The van der Waals surface area contributed by atoms with Crippen LogP contribution in [0.4, 0.5) is 18.0 Å². The number of halogens is 3. The second-order valence-corrected chi connectivity index (χ2v) is 3.49. The van der Waals surface area contributed by atoms with Crippen LogP contribution in [0, 0.1) is 0 Å². The van der Waals surface area contributed by atoms with E-state index in [1.807, 2.05) is 0 Å². The second-order valence-electron chi connectivity index (χ2n) is 3.49. The molecule has 1 aliphatic rings. The Hall–Kier alpha value is -0.980. The van der Waals surface area contributed by atoms with Gasteiger partial charge >= 0.3 is 12.3 Å². The van der Waals surface area contributed by atoms with Crippen LogP contribution in [0.2, 0.25) is 0 Å². The molecular formula is C8H13F3N2O2. The molecule has 88 valence electrons. The van der Waals surface area contributed by atoms with Crippen LogP contribution < -0.4 is 5.32 Å². The fourth-order valence-corrected chi connectivity index (χ4v) is 1.59. The van der Waals surface area contributed by atoms with Gasteiger partial charge in [-0.15, -0.1) is 0 Å². The fourth-order valence-electron chi connectivity index (χ4n) is 1.59. The summed E-state index contributed by atoms with van der Waals surface area (Å²) < 4.78 is 35.8. The molecule has 0 radical (unpaired) electrons. The maximum atomic E-state index is 11.9. The van der Waals surface area contributed by atoms with E-state index in [0.29, 0.717) is 19.5 Å². The molecule has 1 saturated heterocycles. The largest absolute Gasteiger partial charge is 0.465 e. The summed E-state index contributed by atoms with van der Waals surface area (Å²) in [4.78, 5) is 11.6. The molecule has 0 aliphatic carbocycles. The average molecular weight is 226 g/mol. The molecule has 15 heavy (non-hydrogen) atoms. The van der Waals surface area contributed by atoms with E-state index in [1.165, 1.54) is 0 Å². The van der Waals surface area contributed by atoms with Crippen molar-refractivity contribution in [2.75, 3.05) is 19.6 Å². The first-order chi connectivity index (χ1) is 6.90. The number of hydrogen-bond acceptors (Lipinski definition) is 2. The molecule has 4 nitrogen and oxygen atoms in total. The minimum atomic E-state index is -4.31. The second kappa shape index (κ2) is 4.69.